The summed E-state index contributed by atoms with van der Waals surface area (Å²) in [6.45, 7) is 18.4. The molecule has 0 radical (unpaired) electrons. The fourth-order valence-corrected chi connectivity index (χ4v) is 3.43. The maximum atomic E-state index is 5.95. The first-order chi connectivity index (χ1) is 9.60. The van der Waals surface area contributed by atoms with E-state index in [0.717, 1.165) is 26.2 Å². The van der Waals surface area contributed by atoms with Crippen LogP contribution in [0.25, 0.3) is 0 Å². The van der Waals surface area contributed by atoms with Crippen molar-refractivity contribution < 1.29 is 4.74 Å². The average Bonchev–Trinajstić information content (AvgIpc) is 2.47. The van der Waals surface area contributed by atoms with Crippen LogP contribution in [0, 0.1) is 0 Å². The number of hydrogen-bond acceptors (Lipinski definition) is 4. The van der Waals surface area contributed by atoms with E-state index in [0.29, 0.717) is 18.2 Å². The molecule has 0 aromatic rings. The van der Waals surface area contributed by atoms with Gasteiger partial charge >= 0.3 is 0 Å². The summed E-state index contributed by atoms with van der Waals surface area (Å²) in [5, 5.41) is 0. The van der Waals surface area contributed by atoms with Crippen molar-refractivity contribution in [1.82, 2.24) is 14.7 Å². The van der Waals surface area contributed by atoms with E-state index in [1.807, 2.05) is 0 Å². The van der Waals surface area contributed by atoms with Crippen molar-refractivity contribution in [2.24, 2.45) is 0 Å². The second kappa shape index (κ2) is 7.74. The van der Waals surface area contributed by atoms with Gasteiger partial charge in [-0.05, 0) is 33.7 Å². The first-order valence-corrected chi connectivity index (χ1v) is 8.42. The van der Waals surface area contributed by atoms with Crippen LogP contribution in [-0.4, -0.2) is 85.3 Å². The van der Waals surface area contributed by atoms with Crippen LogP contribution in [0.1, 0.15) is 34.1 Å². The Kier molecular flexibility index (Phi) is 6.27. The summed E-state index contributed by atoms with van der Waals surface area (Å²) in [6, 6.07) is 1.33. The summed E-state index contributed by atoms with van der Waals surface area (Å²) in [7, 11) is 0. The Hall–Kier alpha value is -0.160. The minimum Gasteiger partial charge on any atom is -0.375 e. The molecule has 0 N–H and O–H groups in total. The van der Waals surface area contributed by atoms with Gasteiger partial charge in [-0.15, -0.1) is 0 Å². The van der Waals surface area contributed by atoms with Crippen LogP contribution < -0.4 is 0 Å². The first-order valence-electron chi connectivity index (χ1n) is 8.42. The molecule has 20 heavy (non-hydrogen) atoms. The van der Waals surface area contributed by atoms with Crippen molar-refractivity contribution >= 4 is 0 Å². The largest absolute Gasteiger partial charge is 0.375 e. The zero-order valence-corrected chi connectivity index (χ0v) is 13.8. The van der Waals surface area contributed by atoms with Crippen molar-refractivity contribution in [3.8, 4) is 0 Å². The highest BCUT2D eigenvalue weighted by Crippen LogP contribution is 2.16. The number of piperazine rings is 1. The molecule has 2 unspecified atom stereocenters. The molecular weight excluding hydrogens is 250 g/mol. The molecule has 0 amide bonds. The highest BCUT2D eigenvalue weighted by Gasteiger charge is 2.26. The summed E-state index contributed by atoms with van der Waals surface area (Å²) < 4.78 is 5.95. The van der Waals surface area contributed by atoms with E-state index in [1.54, 1.807) is 0 Å². The molecule has 0 saturated carbocycles. The molecule has 0 aromatic heterocycles. The van der Waals surface area contributed by atoms with Gasteiger partial charge in [-0.3, -0.25) is 14.7 Å². The predicted octanol–water partition coefficient (Wildman–Crippen LogP) is 1.51. The van der Waals surface area contributed by atoms with Crippen molar-refractivity contribution in [3.05, 3.63) is 0 Å². The third-order valence-electron chi connectivity index (χ3n) is 4.98. The zero-order chi connectivity index (χ0) is 14.5. The van der Waals surface area contributed by atoms with E-state index in [2.05, 4.69) is 42.4 Å². The van der Waals surface area contributed by atoms with Gasteiger partial charge in [0.05, 0.1) is 12.7 Å². The zero-order valence-electron chi connectivity index (χ0n) is 13.8. The molecule has 2 saturated heterocycles. The Morgan fingerprint density at radius 2 is 1.65 bits per heavy atom. The fraction of sp³-hybridized carbons (Fsp3) is 1.00. The summed E-state index contributed by atoms with van der Waals surface area (Å²) >= 11 is 0. The normalized spacial score (nSPS) is 28.9. The van der Waals surface area contributed by atoms with Crippen molar-refractivity contribution in [1.29, 1.82) is 0 Å². The molecule has 0 spiro atoms. The van der Waals surface area contributed by atoms with Gasteiger partial charge in [0.25, 0.3) is 0 Å². The topological polar surface area (TPSA) is 19.0 Å². The molecule has 0 bridgehead atoms. The lowest BCUT2D eigenvalue weighted by molar-refractivity contribution is -0.0443. The monoisotopic (exact) mass is 283 g/mol. The average molecular weight is 283 g/mol. The number of likely N-dealkylation sites (N-methyl/N-ethyl adjacent to an activating group) is 1. The lowest BCUT2D eigenvalue weighted by Gasteiger charge is -2.41. The highest BCUT2D eigenvalue weighted by atomic mass is 16.5. The van der Waals surface area contributed by atoms with E-state index in [-0.39, 0.29) is 0 Å². The SMILES string of the molecule is CCN1CCOC(CC(C)N2CCN(C(C)C)CC2)C1. The molecule has 2 rings (SSSR count). The molecule has 4 nitrogen and oxygen atoms in total. The first kappa shape index (κ1) is 16.2. The molecule has 4 heteroatoms. The van der Waals surface area contributed by atoms with E-state index >= 15 is 0 Å². The highest BCUT2D eigenvalue weighted by molar-refractivity contribution is 4.81. The summed E-state index contributed by atoms with van der Waals surface area (Å²) in [5.74, 6) is 0. The molecule has 0 aromatic carbocycles. The number of nitrogens with zero attached hydrogens (tertiary/aromatic N) is 3. The Bertz CT molecular complexity index is 277. The lowest BCUT2D eigenvalue weighted by Crippen LogP contribution is -2.53. The lowest BCUT2D eigenvalue weighted by atomic mass is 10.1. The quantitative estimate of drug-likeness (QED) is 0.761. The smallest absolute Gasteiger partial charge is 0.0717 e. The van der Waals surface area contributed by atoms with Gasteiger partial charge < -0.3 is 4.74 Å². The van der Waals surface area contributed by atoms with Gasteiger partial charge in [0, 0.05) is 51.4 Å². The van der Waals surface area contributed by atoms with Gasteiger partial charge in [-0.1, -0.05) is 6.92 Å². The van der Waals surface area contributed by atoms with Gasteiger partial charge in [0.1, 0.15) is 0 Å². The molecule has 118 valence electrons. The Labute approximate surface area is 125 Å². The number of rotatable bonds is 5. The predicted molar refractivity (Wildman–Crippen MR) is 84.2 cm³/mol. The van der Waals surface area contributed by atoms with Crippen LogP contribution in [0.15, 0.2) is 0 Å². The molecule has 2 heterocycles. The fourth-order valence-electron chi connectivity index (χ4n) is 3.43. The minimum absolute atomic E-state index is 0.432. The number of hydrogen-bond donors (Lipinski definition) is 0. The second-order valence-corrected chi connectivity index (χ2v) is 6.64. The van der Waals surface area contributed by atoms with Crippen LogP contribution in [-0.2, 0) is 4.74 Å². The van der Waals surface area contributed by atoms with Gasteiger partial charge in [0.2, 0.25) is 0 Å². The molecule has 2 fully saturated rings. The maximum absolute atomic E-state index is 5.95. The second-order valence-electron chi connectivity index (χ2n) is 6.64. The standard InChI is InChI=1S/C16H33N3O/c1-5-17-10-11-20-16(13-17)12-15(4)19-8-6-18(7-9-19)14(2)3/h14-16H,5-13H2,1-4H3. The summed E-state index contributed by atoms with van der Waals surface area (Å²) in [4.78, 5) is 7.74. The van der Waals surface area contributed by atoms with Crippen molar-refractivity contribution in [2.45, 2.75) is 52.3 Å². The van der Waals surface area contributed by atoms with Gasteiger partial charge in [-0.25, -0.2) is 0 Å². The van der Waals surface area contributed by atoms with E-state index < -0.39 is 0 Å². The number of morpholine rings is 1. The van der Waals surface area contributed by atoms with Crippen molar-refractivity contribution in [2.75, 3.05) is 52.4 Å². The Morgan fingerprint density at radius 3 is 2.25 bits per heavy atom. The van der Waals surface area contributed by atoms with E-state index in [1.165, 1.54) is 32.6 Å². The minimum atomic E-state index is 0.432. The molecule has 2 aliphatic heterocycles. The summed E-state index contributed by atoms with van der Waals surface area (Å²) in [5.41, 5.74) is 0. The van der Waals surface area contributed by atoms with Crippen LogP contribution in [0.5, 0.6) is 0 Å². The van der Waals surface area contributed by atoms with Crippen LogP contribution in [0.2, 0.25) is 0 Å². The summed E-state index contributed by atoms with van der Waals surface area (Å²) in [6.07, 6.45) is 1.61. The van der Waals surface area contributed by atoms with Crippen LogP contribution >= 0.6 is 0 Å². The van der Waals surface area contributed by atoms with Gasteiger partial charge in [0.15, 0.2) is 0 Å². The van der Waals surface area contributed by atoms with Crippen molar-refractivity contribution in [3.63, 3.8) is 0 Å². The Balaban J connectivity index is 1.73. The molecule has 2 aliphatic rings. The maximum Gasteiger partial charge on any atom is 0.0717 e. The Morgan fingerprint density at radius 1 is 1.00 bits per heavy atom. The molecule has 2 atom stereocenters. The third-order valence-corrected chi connectivity index (χ3v) is 4.98. The number of ether oxygens (including phenoxy) is 1. The third kappa shape index (κ3) is 4.42. The van der Waals surface area contributed by atoms with E-state index in [4.69, 9.17) is 4.74 Å². The molecular formula is C16H33N3O. The molecule has 0 aliphatic carbocycles. The van der Waals surface area contributed by atoms with Gasteiger partial charge in [-0.2, -0.15) is 0 Å². The van der Waals surface area contributed by atoms with Crippen LogP contribution in [0.3, 0.4) is 0 Å². The van der Waals surface area contributed by atoms with E-state index in [9.17, 15) is 0 Å². The van der Waals surface area contributed by atoms with Crippen LogP contribution in [0.4, 0.5) is 0 Å².